The number of H-pyrrole nitrogens is 1. The van der Waals surface area contributed by atoms with Gasteiger partial charge >= 0.3 is 0 Å². The average Bonchev–Trinajstić information content (AvgIpc) is 2.98. The van der Waals surface area contributed by atoms with E-state index in [-0.39, 0.29) is 0 Å². The van der Waals surface area contributed by atoms with E-state index in [1.165, 1.54) is 16.2 Å². The first kappa shape index (κ1) is 12.3. The van der Waals surface area contributed by atoms with Crippen LogP contribution < -0.4 is 5.32 Å². The molecular formula is C13H17N3S2. The summed E-state index contributed by atoms with van der Waals surface area (Å²) in [6.45, 7) is 3.29. The van der Waals surface area contributed by atoms with Gasteiger partial charge in [0.1, 0.15) is 5.82 Å². The van der Waals surface area contributed by atoms with Crippen LogP contribution in [0.1, 0.15) is 30.8 Å². The van der Waals surface area contributed by atoms with Crippen molar-refractivity contribution < 1.29 is 0 Å². The van der Waals surface area contributed by atoms with E-state index in [9.17, 15) is 0 Å². The molecule has 0 fully saturated rings. The van der Waals surface area contributed by atoms with Crippen LogP contribution in [0.2, 0.25) is 0 Å². The highest BCUT2D eigenvalue weighted by Gasteiger charge is 2.25. The van der Waals surface area contributed by atoms with Crippen molar-refractivity contribution in [1.29, 1.82) is 0 Å². The molecule has 1 aliphatic heterocycles. The van der Waals surface area contributed by atoms with E-state index in [4.69, 9.17) is 0 Å². The van der Waals surface area contributed by atoms with Gasteiger partial charge in [-0.25, -0.2) is 4.98 Å². The zero-order valence-electron chi connectivity index (χ0n) is 10.3. The number of thioether (sulfide) groups is 1. The Kier molecular flexibility index (Phi) is 3.72. The van der Waals surface area contributed by atoms with Crippen molar-refractivity contribution in [3.05, 3.63) is 35.2 Å². The molecule has 2 N–H and O–H groups in total. The van der Waals surface area contributed by atoms with Crippen LogP contribution in [0.4, 0.5) is 0 Å². The maximum absolute atomic E-state index is 4.25. The number of aromatic amines is 1. The first-order valence-electron chi connectivity index (χ1n) is 6.28. The second kappa shape index (κ2) is 5.47. The van der Waals surface area contributed by atoms with E-state index in [0.29, 0.717) is 11.3 Å². The minimum atomic E-state index is 0.512. The van der Waals surface area contributed by atoms with Crippen LogP contribution in [0.5, 0.6) is 0 Å². The summed E-state index contributed by atoms with van der Waals surface area (Å²) in [6.07, 6.45) is 5.87. The number of thiophene rings is 1. The number of rotatable bonds is 4. The van der Waals surface area contributed by atoms with Crippen molar-refractivity contribution in [1.82, 2.24) is 15.3 Å². The van der Waals surface area contributed by atoms with E-state index in [2.05, 4.69) is 33.7 Å². The van der Waals surface area contributed by atoms with Gasteiger partial charge < -0.3 is 10.3 Å². The molecule has 0 aliphatic carbocycles. The van der Waals surface area contributed by atoms with Gasteiger partial charge in [0, 0.05) is 36.7 Å². The Hall–Kier alpha value is -0.780. The summed E-state index contributed by atoms with van der Waals surface area (Å²) >= 11 is 3.88. The SMILES string of the molecule is C[C@H]1CC(NCCc2ncc[nH]2)c2ccsc2S1. The lowest BCUT2D eigenvalue weighted by Gasteiger charge is -2.27. The Bertz CT molecular complexity index is 492. The molecule has 0 amide bonds. The molecule has 96 valence electrons. The van der Waals surface area contributed by atoms with E-state index in [1.54, 1.807) is 0 Å². The van der Waals surface area contributed by atoms with E-state index >= 15 is 0 Å². The average molecular weight is 279 g/mol. The summed E-state index contributed by atoms with van der Waals surface area (Å²) in [6, 6.07) is 2.78. The molecule has 1 aliphatic rings. The smallest absolute Gasteiger partial charge is 0.107 e. The topological polar surface area (TPSA) is 40.7 Å². The lowest BCUT2D eigenvalue weighted by atomic mass is 10.0. The maximum Gasteiger partial charge on any atom is 0.107 e. The van der Waals surface area contributed by atoms with E-state index < -0.39 is 0 Å². The number of nitrogens with zero attached hydrogens (tertiary/aromatic N) is 1. The van der Waals surface area contributed by atoms with Crippen LogP contribution in [0.15, 0.2) is 28.0 Å². The number of hydrogen-bond donors (Lipinski definition) is 2. The van der Waals surface area contributed by atoms with E-state index in [1.807, 2.05) is 35.5 Å². The fraction of sp³-hybridized carbons (Fsp3) is 0.462. The molecule has 1 unspecified atom stereocenters. The van der Waals surface area contributed by atoms with Crippen LogP contribution in [0.25, 0.3) is 0 Å². The van der Waals surface area contributed by atoms with Gasteiger partial charge in [0.15, 0.2) is 0 Å². The third-order valence-electron chi connectivity index (χ3n) is 3.22. The highest BCUT2D eigenvalue weighted by molar-refractivity contribution is 8.01. The third-order valence-corrected chi connectivity index (χ3v) is 5.56. The Morgan fingerprint density at radius 2 is 2.50 bits per heavy atom. The van der Waals surface area contributed by atoms with Gasteiger partial charge in [0.05, 0.1) is 4.21 Å². The van der Waals surface area contributed by atoms with Crippen LogP contribution in [-0.2, 0) is 6.42 Å². The molecule has 3 nitrogen and oxygen atoms in total. The number of aromatic nitrogens is 2. The maximum atomic E-state index is 4.25. The van der Waals surface area contributed by atoms with Gasteiger partial charge in [0.25, 0.3) is 0 Å². The number of nitrogens with one attached hydrogen (secondary N) is 2. The summed E-state index contributed by atoms with van der Waals surface area (Å²) in [5.74, 6) is 1.06. The molecule has 0 spiro atoms. The molecule has 2 aromatic rings. The Morgan fingerprint density at radius 1 is 1.56 bits per heavy atom. The molecular weight excluding hydrogens is 262 g/mol. The standard InChI is InChI=1S/C13H17N3S2/c1-9-8-11(10-3-7-17-13(10)18-9)14-4-2-12-15-5-6-16-12/h3,5-7,9,11,14H,2,4,8H2,1H3,(H,15,16)/t9-,11?/m0/s1. The summed E-state index contributed by atoms with van der Waals surface area (Å²) < 4.78 is 1.49. The van der Waals surface area contributed by atoms with Gasteiger partial charge in [-0.1, -0.05) is 6.92 Å². The van der Waals surface area contributed by atoms with Gasteiger partial charge in [-0.2, -0.15) is 0 Å². The number of hydrogen-bond acceptors (Lipinski definition) is 4. The lowest BCUT2D eigenvalue weighted by molar-refractivity contribution is 0.489. The van der Waals surface area contributed by atoms with Crippen molar-refractivity contribution in [2.75, 3.05) is 6.54 Å². The normalized spacial score (nSPS) is 22.9. The number of imidazole rings is 1. The summed E-state index contributed by atoms with van der Waals surface area (Å²) in [7, 11) is 0. The zero-order chi connectivity index (χ0) is 12.4. The van der Waals surface area contributed by atoms with Gasteiger partial charge in [-0.3, -0.25) is 0 Å². The highest BCUT2D eigenvalue weighted by atomic mass is 32.2. The lowest BCUT2D eigenvalue weighted by Crippen LogP contribution is -2.28. The quantitative estimate of drug-likeness (QED) is 0.903. The molecule has 0 aromatic carbocycles. The monoisotopic (exact) mass is 279 g/mol. The molecule has 3 rings (SSSR count). The fourth-order valence-corrected chi connectivity index (χ4v) is 4.91. The Labute approximate surface area is 115 Å². The molecule has 3 heterocycles. The Balaban J connectivity index is 1.60. The second-order valence-corrected chi connectivity index (χ2v) is 7.24. The van der Waals surface area contributed by atoms with Gasteiger partial charge in [-0.15, -0.1) is 23.1 Å². The summed E-state index contributed by atoms with van der Waals surface area (Å²) in [5.41, 5.74) is 1.49. The largest absolute Gasteiger partial charge is 0.349 e. The molecule has 2 atom stereocenters. The van der Waals surface area contributed by atoms with E-state index in [0.717, 1.165) is 18.8 Å². The second-order valence-electron chi connectivity index (χ2n) is 4.62. The Morgan fingerprint density at radius 3 is 3.33 bits per heavy atom. The first-order valence-corrected chi connectivity index (χ1v) is 8.04. The highest BCUT2D eigenvalue weighted by Crippen LogP contribution is 2.43. The van der Waals surface area contributed by atoms with Gasteiger partial charge in [-0.05, 0) is 23.4 Å². The predicted octanol–water partition coefficient (Wildman–Crippen LogP) is 3.23. The predicted molar refractivity (Wildman–Crippen MR) is 77.3 cm³/mol. The minimum absolute atomic E-state index is 0.512. The van der Waals surface area contributed by atoms with Crippen LogP contribution in [0, 0.1) is 0 Å². The zero-order valence-corrected chi connectivity index (χ0v) is 12.0. The molecule has 5 heteroatoms. The molecule has 2 aromatic heterocycles. The van der Waals surface area contributed by atoms with Crippen molar-refractivity contribution in [3.8, 4) is 0 Å². The summed E-state index contributed by atoms with van der Waals surface area (Å²) in [4.78, 5) is 7.40. The number of fused-ring (bicyclic) bond motifs is 1. The van der Waals surface area contributed by atoms with Crippen LogP contribution in [-0.4, -0.2) is 21.8 Å². The third kappa shape index (κ3) is 2.63. The molecule has 0 bridgehead atoms. The molecule has 18 heavy (non-hydrogen) atoms. The van der Waals surface area contributed by atoms with Gasteiger partial charge in [0.2, 0.25) is 0 Å². The van der Waals surface area contributed by atoms with Crippen LogP contribution in [0.3, 0.4) is 0 Å². The first-order chi connectivity index (χ1) is 8.83. The van der Waals surface area contributed by atoms with Crippen molar-refractivity contribution in [2.24, 2.45) is 0 Å². The molecule has 0 radical (unpaired) electrons. The molecule has 0 saturated carbocycles. The minimum Gasteiger partial charge on any atom is -0.349 e. The van der Waals surface area contributed by atoms with Crippen molar-refractivity contribution in [2.45, 2.75) is 35.3 Å². The molecule has 0 saturated heterocycles. The van der Waals surface area contributed by atoms with Crippen molar-refractivity contribution >= 4 is 23.1 Å². The fourth-order valence-electron chi connectivity index (χ4n) is 2.34. The van der Waals surface area contributed by atoms with Crippen LogP contribution >= 0.6 is 23.1 Å². The van der Waals surface area contributed by atoms with Crippen molar-refractivity contribution in [3.63, 3.8) is 0 Å². The summed E-state index contributed by atoms with van der Waals surface area (Å²) in [5, 5.41) is 6.58.